The normalized spacial score (nSPS) is 14.9. The summed E-state index contributed by atoms with van der Waals surface area (Å²) in [5, 5.41) is 0.496. The molecule has 0 saturated carbocycles. The molecule has 0 aliphatic rings. The first-order chi connectivity index (χ1) is 7.45. The van der Waals surface area contributed by atoms with E-state index in [1.807, 2.05) is 0 Å². The highest BCUT2D eigenvalue weighted by molar-refractivity contribution is 9.10. The summed E-state index contributed by atoms with van der Waals surface area (Å²) in [4.78, 5) is 0. The number of benzene rings is 1. The molecule has 16 heavy (non-hydrogen) atoms. The van der Waals surface area contributed by atoms with E-state index in [1.165, 1.54) is 6.07 Å². The third-order valence-corrected chi connectivity index (χ3v) is 3.99. The molecule has 90 valence electrons. The lowest BCUT2D eigenvalue weighted by molar-refractivity contribution is 0.449. The summed E-state index contributed by atoms with van der Waals surface area (Å²) in [7, 11) is 0. The Labute approximate surface area is 109 Å². The van der Waals surface area contributed by atoms with Crippen molar-refractivity contribution in [1.29, 1.82) is 0 Å². The van der Waals surface area contributed by atoms with Crippen molar-refractivity contribution in [2.24, 2.45) is 11.7 Å². The first-order valence-corrected chi connectivity index (χ1v) is 6.52. The molecule has 0 heterocycles. The van der Waals surface area contributed by atoms with Gasteiger partial charge in [-0.1, -0.05) is 31.9 Å². The van der Waals surface area contributed by atoms with Crippen molar-refractivity contribution in [1.82, 2.24) is 0 Å². The van der Waals surface area contributed by atoms with Crippen LogP contribution in [0.4, 0.5) is 4.39 Å². The Kier molecular flexibility index (Phi) is 5.22. The Morgan fingerprint density at radius 3 is 2.69 bits per heavy atom. The van der Waals surface area contributed by atoms with Crippen molar-refractivity contribution in [3.05, 3.63) is 33.0 Å². The van der Waals surface area contributed by atoms with Crippen LogP contribution in [0.1, 0.15) is 38.3 Å². The van der Waals surface area contributed by atoms with E-state index in [0.717, 1.165) is 12.8 Å². The summed E-state index contributed by atoms with van der Waals surface area (Å²) >= 11 is 9.11. The van der Waals surface area contributed by atoms with E-state index >= 15 is 0 Å². The average molecular weight is 309 g/mol. The highest BCUT2D eigenvalue weighted by Crippen LogP contribution is 2.30. The van der Waals surface area contributed by atoms with E-state index < -0.39 is 0 Å². The van der Waals surface area contributed by atoms with Gasteiger partial charge in [-0.25, -0.2) is 4.39 Å². The topological polar surface area (TPSA) is 26.0 Å². The van der Waals surface area contributed by atoms with Crippen LogP contribution >= 0.6 is 27.5 Å². The quantitative estimate of drug-likeness (QED) is 0.803. The number of hydrogen-bond acceptors (Lipinski definition) is 1. The van der Waals surface area contributed by atoms with Gasteiger partial charge in [0, 0.05) is 16.1 Å². The number of rotatable bonds is 4. The summed E-state index contributed by atoms with van der Waals surface area (Å²) in [5.74, 6) is 0.184. The molecule has 4 heteroatoms. The van der Waals surface area contributed by atoms with Gasteiger partial charge in [-0.05, 0) is 40.4 Å². The lowest BCUT2D eigenvalue weighted by atomic mass is 9.95. The van der Waals surface area contributed by atoms with Crippen molar-refractivity contribution >= 4 is 27.5 Å². The van der Waals surface area contributed by atoms with Gasteiger partial charge in [0.15, 0.2) is 0 Å². The Balaban J connectivity index is 2.91. The molecule has 1 aromatic carbocycles. The Morgan fingerprint density at radius 1 is 1.50 bits per heavy atom. The maximum Gasteiger partial charge on any atom is 0.129 e. The number of hydrogen-bond donors (Lipinski definition) is 1. The molecular formula is C12H16BrClFN. The molecule has 0 fully saturated rings. The SMILES string of the molecule is CCC(C)CC(N)c1cc(Cl)c(Br)cc1F. The maximum atomic E-state index is 13.7. The van der Waals surface area contributed by atoms with Gasteiger partial charge in [0.2, 0.25) is 0 Å². The fraction of sp³-hybridized carbons (Fsp3) is 0.500. The van der Waals surface area contributed by atoms with Crippen LogP contribution < -0.4 is 5.73 Å². The van der Waals surface area contributed by atoms with Gasteiger partial charge in [0.05, 0.1) is 5.02 Å². The van der Waals surface area contributed by atoms with Gasteiger partial charge >= 0.3 is 0 Å². The van der Waals surface area contributed by atoms with Gasteiger partial charge in [-0.3, -0.25) is 0 Å². The van der Waals surface area contributed by atoms with Crippen molar-refractivity contribution in [2.45, 2.75) is 32.7 Å². The fourth-order valence-corrected chi connectivity index (χ4v) is 2.04. The molecule has 1 aromatic rings. The summed E-state index contributed by atoms with van der Waals surface area (Å²) in [6.07, 6.45) is 1.81. The van der Waals surface area contributed by atoms with Crippen molar-refractivity contribution < 1.29 is 4.39 Å². The lowest BCUT2D eigenvalue weighted by Gasteiger charge is -2.17. The van der Waals surface area contributed by atoms with Gasteiger partial charge in [0.25, 0.3) is 0 Å². The van der Waals surface area contributed by atoms with Crippen LogP contribution in [0.15, 0.2) is 16.6 Å². The molecule has 1 rings (SSSR count). The molecule has 0 bridgehead atoms. The van der Waals surface area contributed by atoms with Gasteiger partial charge in [-0.2, -0.15) is 0 Å². The minimum absolute atomic E-state index is 0.291. The van der Waals surface area contributed by atoms with Crippen molar-refractivity contribution in [2.75, 3.05) is 0 Å². The fourth-order valence-electron chi connectivity index (χ4n) is 1.55. The molecule has 0 spiro atoms. The number of halogens is 3. The minimum Gasteiger partial charge on any atom is -0.324 e. The van der Waals surface area contributed by atoms with E-state index in [4.69, 9.17) is 17.3 Å². The predicted octanol–water partition coefficient (Wildman–Crippen LogP) is 4.68. The van der Waals surface area contributed by atoms with E-state index in [2.05, 4.69) is 29.8 Å². The largest absolute Gasteiger partial charge is 0.324 e. The second kappa shape index (κ2) is 5.99. The van der Waals surface area contributed by atoms with Crippen molar-refractivity contribution in [3.63, 3.8) is 0 Å². The van der Waals surface area contributed by atoms with Gasteiger partial charge < -0.3 is 5.73 Å². The van der Waals surface area contributed by atoms with Crippen LogP contribution in [0.3, 0.4) is 0 Å². The third-order valence-electron chi connectivity index (χ3n) is 2.79. The number of nitrogens with two attached hydrogens (primary N) is 1. The maximum absolute atomic E-state index is 13.7. The Bertz CT molecular complexity index is 370. The molecule has 1 nitrogen and oxygen atoms in total. The third kappa shape index (κ3) is 3.44. The lowest BCUT2D eigenvalue weighted by Crippen LogP contribution is -2.15. The zero-order valence-corrected chi connectivity index (χ0v) is 11.8. The van der Waals surface area contributed by atoms with E-state index in [9.17, 15) is 4.39 Å². The zero-order valence-electron chi connectivity index (χ0n) is 9.43. The standard InChI is InChI=1S/C12H16BrClFN/c1-3-7(2)4-12(16)8-5-10(14)9(13)6-11(8)15/h5-7,12H,3-4,16H2,1-2H3. The van der Waals surface area contributed by atoms with Crippen LogP contribution in [0.25, 0.3) is 0 Å². The minimum atomic E-state index is -0.299. The molecule has 0 saturated heterocycles. The molecule has 2 unspecified atom stereocenters. The van der Waals surface area contributed by atoms with E-state index in [-0.39, 0.29) is 11.9 Å². The molecule has 0 amide bonds. The van der Waals surface area contributed by atoms with Gasteiger partial charge in [-0.15, -0.1) is 0 Å². The highest BCUT2D eigenvalue weighted by Gasteiger charge is 2.16. The first kappa shape index (κ1) is 13.9. The summed E-state index contributed by atoms with van der Waals surface area (Å²) in [6.45, 7) is 4.21. The van der Waals surface area contributed by atoms with E-state index in [0.29, 0.717) is 21.0 Å². The predicted molar refractivity (Wildman–Crippen MR) is 70.1 cm³/mol. The molecular weight excluding hydrogens is 292 g/mol. The van der Waals surface area contributed by atoms with Crippen LogP contribution in [0, 0.1) is 11.7 Å². The average Bonchev–Trinajstić information content (AvgIpc) is 2.23. The van der Waals surface area contributed by atoms with Crippen molar-refractivity contribution in [3.8, 4) is 0 Å². The summed E-state index contributed by atoms with van der Waals surface area (Å²) in [5.41, 5.74) is 6.47. The molecule has 0 aliphatic carbocycles. The van der Waals surface area contributed by atoms with E-state index in [1.54, 1.807) is 6.07 Å². The Hall–Kier alpha value is -0.120. The summed E-state index contributed by atoms with van der Waals surface area (Å²) < 4.78 is 14.2. The zero-order chi connectivity index (χ0) is 12.3. The molecule has 0 radical (unpaired) electrons. The highest BCUT2D eigenvalue weighted by atomic mass is 79.9. The molecule has 0 aliphatic heterocycles. The first-order valence-electron chi connectivity index (χ1n) is 5.35. The second-order valence-electron chi connectivity index (χ2n) is 4.14. The summed E-state index contributed by atoms with van der Waals surface area (Å²) in [6, 6.07) is 2.68. The molecule has 2 N–H and O–H groups in total. The van der Waals surface area contributed by atoms with Crippen LogP contribution in [0.2, 0.25) is 5.02 Å². The van der Waals surface area contributed by atoms with Crippen LogP contribution in [-0.4, -0.2) is 0 Å². The Morgan fingerprint density at radius 2 is 2.12 bits per heavy atom. The van der Waals surface area contributed by atoms with Crippen LogP contribution in [-0.2, 0) is 0 Å². The smallest absolute Gasteiger partial charge is 0.129 e. The monoisotopic (exact) mass is 307 g/mol. The molecule has 2 atom stereocenters. The van der Waals surface area contributed by atoms with Gasteiger partial charge in [0.1, 0.15) is 5.82 Å². The van der Waals surface area contributed by atoms with Crippen LogP contribution in [0.5, 0.6) is 0 Å². The second-order valence-corrected chi connectivity index (χ2v) is 5.40. The molecule has 0 aromatic heterocycles.